The van der Waals surface area contributed by atoms with Crippen molar-refractivity contribution in [2.45, 2.75) is 22.3 Å². The lowest BCUT2D eigenvalue weighted by atomic mass is 9.81. The Morgan fingerprint density at radius 3 is 2.15 bits per heavy atom. The van der Waals surface area contributed by atoms with Crippen LogP contribution in [0.4, 0.5) is 24.5 Å². The van der Waals surface area contributed by atoms with Crippen LogP contribution in [0.3, 0.4) is 0 Å². The number of alkyl halides is 5. The van der Waals surface area contributed by atoms with E-state index >= 15 is 0 Å². The van der Waals surface area contributed by atoms with Gasteiger partial charge in [0.25, 0.3) is 5.91 Å². The molecule has 3 fully saturated rings. The molecule has 2 aliphatic carbocycles. The highest BCUT2D eigenvalue weighted by atomic mass is 79.9. The molecule has 0 radical (unpaired) electrons. The minimum Gasteiger partial charge on any atom is -0.321 e. The van der Waals surface area contributed by atoms with E-state index in [0.717, 1.165) is 17.4 Å². The quantitative estimate of drug-likeness (QED) is 0.396. The van der Waals surface area contributed by atoms with Gasteiger partial charge in [-0.15, -0.1) is 0 Å². The highest BCUT2D eigenvalue weighted by molar-refractivity contribution is 9.12. The molecule has 1 saturated heterocycles. The maximum atomic E-state index is 13.3. The Balaban J connectivity index is 1.41. The maximum absolute atomic E-state index is 13.3. The lowest BCUT2D eigenvalue weighted by Gasteiger charge is -2.28. The number of nitrogens with one attached hydrogen (secondary N) is 1. The highest BCUT2D eigenvalue weighted by Gasteiger charge is 2.66. The lowest BCUT2D eigenvalue weighted by Crippen LogP contribution is -2.37. The van der Waals surface area contributed by atoms with E-state index in [9.17, 15) is 27.6 Å². The van der Waals surface area contributed by atoms with Gasteiger partial charge < -0.3 is 5.32 Å². The summed E-state index contributed by atoms with van der Waals surface area (Å²) in [5.41, 5.74) is -1.04. The van der Waals surface area contributed by atoms with Crippen LogP contribution in [0.15, 0.2) is 48.5 Å². The van der Waals surface area contributed by atoms with Crippen LogP contribution in [0, 0.1) is 23.7 Å². The van der Waals surface area contributed by atoms with Gasteiger partial charge in [0.1, 0.15) is 0 Å². The number of halogens is 5. The molecule has 6 atom stereocenters. The summed E-state index contributed by atoms with van der Waals surface area (Å²) in [7, 11) is 0. The zero-order valence-electron chi connectivity index (χ0n) is 16.9. The zero-order chi connectivity index (χ0) is 23.7. The number of para-hydroxylation sites is 1. The molecule has 3 amide bonds. The van der Waals surface area contributed by atoms with Crippen molar-refractivity contribution < 1.29 is 27.6 Å². The van der Waals surface area contributed by atoms with Gasteiger partial charge in [-0.25, -0.2) is 0 Å². The fourth-order valence-corrected chi connectivity index (χ4v) is 7.30. The SMILES string of the molecule is O=C(Nc1ccccc1C(F)(F)F)c1cccc(N2C(=O)[C@@H]3[C@H]4C[C@@H]([C@H](Br)[C@H]4Br)[C@@H]3C2=O)c1. The van der Waals surface area contributed by atoms with E-state index in [0.29, 0.717) is 0 Å². The molecule has 0 aromatic heterocycles. The summed E-state index contributed by atoms with van der Waals surface area (Å²) in [5.74, 6) is -2.06. The van der Waals surface area contributed by atoms with Gasteiger partial charge in [0, 0.05) is 15.2 Å². The number of benzene rings is 2. The second kappa shape index (κ2) is 7.94. The molecule has 5 nitrogen and oxygen atoms in total. The maximum Gasteiger partial charge on any atom is 0.418 e. The van der Waals surface area contributed by atoms with Gasteiger partial charge in [-0.1, -0.05) is 50.1 Å². The standard InChI is InChI=1S/C23H17Br2F3N2O3/c24-18-12-9-13(19(18)25)17-16(12)21(32)30(22(17)33)11-5-3-4-10(8-11)20(31)29-15-7-2-1-6-14(15)23(26,27)28/h1-8,12-13,16-19H,9H2,(H,29,31)/t12-,13-,16-,17+,18+,19+/m1/s1. The Labute approximate surface area is 204 Å². The summed E-state index contributed by atoms with van der Waals surface area (Å²) in [4.78, 5) is 40.5. The monoisotopic (exact) mass is 584 g/mol. The first-order valence-corrected chi connectivity index (χ1v) is 12.2. The van der Waals surface area contributed by atoms with E-state index in [2.05, 4.69) is 37.2 Å². The molecule has 3 aliphatic rings. The Hall–Kier alpha value is -2.20. The highest BCUT2D eigenvalue weighted by Crippen LogP contribution is 2.60. The molecule has 172 valence electrons. The second-order valence-corrected chi connectivity index (χ2v) is 10.7. The normalized spacial score (nSPS) is 30.6. The van der Waals surface area contributed by atoms with Crippen molar-refractivity contribution in [2.75, 3.05) is 10.2 Å². The van der Waals surface area contributed by atoms with Gasteiger partial charge in [0.05, 0.1) is 28.8 Å². The van der Waals surface area contributed by atoms with E-state index in [1.165, 1.54) is 36.4 Å². The van der Waals surface area contributed by atoms with Crippen molar-refractivity contribution >= 4 is 61.0 Å². The Kier molecular flexibility index (Phi) is 5.43. The Morgan fingerprint density at radius 2 is 1.55 bits per heavy atom. The molecular formula is C23H17Br2F3N2O3. The number of fused-ring (bicyclic) bond motifs is 5. The van der Waals surface area contributed by atoms with Crippen molar-refractivity contribution in [3.05, 3.63) is 59.7 Å². The number of nitrogens with zero attached hydrogens (tertiary/aromatic N) is 1. The molecule has 2 bridgehead atoms. The van der Waals surface area contributed by atoms with Crippen LogP contribution in [-0.4, -0.2) is 27.4 Å². The van der Waals surface area contributed by atoms with Crippen LogP contribution in [0.1, 0.15) is 22.3 Å². The number of amides is 3. The average molecular weight is 586 g/mol. The van der Waals surface area contributed by atoms with Gasteiger partial charge in [-0.3, -0.25) is 19.3 Å². The molecule has 5 rings (SSSR count). The number of hydrogen-bond acceptors (Lipinski definition) is 3. The third-order valence-electron chi connectivity index (χ3n) is 6.83. The van der Waals surface area contributed by atoms with Crippen LogP contribution < -0.4 is 10.2 Å². The van der Waals surface area contributed by atoms with Crippen LogP contribution in [-0.2, 0) is 15.8 Å². The van der Waals surface area contributed by atoms with Crippen molar-refractivity contribution in [1.29, 1.82) is 0 Å². The summed E-state index contributed by atoms with van der Waals surface area (Å²) in [6, 6.07) is 10.5. The lowest BCUT2D eigenvalue weighted by molar-refractivity contribution is -0.137. The number of hydrogen-bond donors (Lipinski definition) is 1. The fraction of sp³-hybridized carbons (Fsp3) is 0.348. The van der Waals surface area contributed by atoms with E-state index in [1.54, 1.807) is 6.07 Å². The number of anilines is 2. The third kappa shape index (κ3) is 3.53. The van der Waals surface area contributed by atoms with Crippen LogP contribution >= 0.6 is 31.9 Å². The minimum absolute atomic E-state index is 0.0434. The molecule has 2 saturated carbocycles. The first-order valence-electron chi connectivity index (χ1n) is 10.3. The molecular weight excluding hydrogens is 569 g/mol. The summed E-state index contributed by atoms with van der Waals surface area (Å²) in [6.45, 7) is 0. The molecule has 2 aromatic carbocycles. The predicted octanol–water partition coefficient (Wildman–Crippen LogP) is 5.24. The molecule has 1 heterocycles. The van der Waals surface area contributed by atoms with Crippen LogP contribution in [0.5, 0.6) is 0 Å². The summed E-state index contributed by atoms with van der Waals surface area (Å²) in [5, 5.41) is 2.29. The van der Waals surface area contributed by atoms with E-state index in [1.807, 2.05) is 0 Å². The first kappa shape index (κ1) is 22.6. The summed E-state index contributed by atoms with van der Waals surface area (Å²) in [6.07, 6.45) is -3.83. The molecule has 0 spiro atoms. The largest absolute Gasteiger partial charge is 0.418 e. The van der Waals surface area contributed by atoms with Crippen LogP contribution in [0.25, 0.3) is 0 Å². The molecule has 1 N–H and O–H groups in total. The topological polar surface area (TPSA) is 66.5 Å². The predicted molar refractivity (Wildman–Crippen MR) is 122 cm³/mol. The van der Waals surface area contributed by atoms with Crippen molar-refractivity contribution in [1.82, 2.24) is 0 Å². The molecule has 33 heavy (non-hydrogen) atoms. The zero-order valence-corrected chi connectivity index (χ0v) is 20.0. The van der Waals surface area contributed by atoms with Crippen LogP contribution in [0.2, 0.25) is 0 Å². The Bertz CT molecular complexity index is 1140. The smallest absolute Gasteiger partial charge is 0.321 e. The van der Waals surface area contributed by atoms with Gasteiger partial charge in [0.15, 0.2) is 0 Å². The number of imide groups is 1. The summed E-state index contributed by atoms with van der Waals surface area (Å²) < 4.78 is 39.8. The second-order valence-electron chi connectivity index (χ2n) is 8.56. The number of rotatable bonds is 3. The summed E-state index contributed by atoms with van der Waals surface area (Å²) >= 11 is 7.28. The van der Waals surface area contributed by atoms with E-state index < -0.39 is 29.5 Å². The molecule has 1 aliphatic heterocycles. The van der Waals surface area contributed by atoms with E-state index in [-0.39, 0.29) is 50.2 Å². The van der Waals surface area contributed by atoms with Gasteiger partial charge in [-0.05, 0) is 48.6 Å². The van der Waals surface area contributed by atoms with Gasteiger partial charge >= 0.3 is 6.18 Å². The number of carbonyl (C=O) groups is 3. The van der Waals surface area contributed by atoms with Crippen molar-refractivity contribution in [3.8, 4) is 0 Å². The fourth-order valence-electron chi connectivity index (χ4n) is 5.42. The first-order chi connectivity index (χ1) is 15.6. The van der Waals surface area contributed by atoms with Crippen molar-refractivity contribution in [2.24, 2.45) is 23.7 Å². The van der Waals surface area contributed by atoms with E-state index in [4.69, 9.17) is 0 Å². The molecule has 2 aromatic rings. The molecule has 10 heteroatoms. The minimum atomic E-state index is -4.63. The van der Waals surface area contributed by atoms with Gasteiger partial charge in [0.2, 0.25) is 11.8 Å². The number of carbonyl (C=O) groups excluding carboxylic acids is 3. The third-order valence-corrected chi connectivity index (χ3v) is 10.0. The van der Waals surface area contributed by atoms with Crippen molar-refractivity contribution in [3.63, 3.8) is 0 Å². The van der Waals surface area contributed by atoms with Gasteiger partial charge in [-0.2, -0.15) is 13.2 Å². The Morgan fingerprint density at radius 1 is 0.939 bits per heavy atom. The average Bonchev–Trinajstić information content (AvgIpc) is 3.38. The molecule has 0 unspecified atom stereocenters.